The molecule has 0 aliphatic carbocycles. The summed E-state index contributed by atoms with van der Waals surface area (Å²) in [5.41, 5.74) is 0.988. The summed E-state index contributed by atoms with van der Waals surface area (Å²) in [5, 5.41) is 12.1. The van der Waals surface area contributed by atoms with E-state index < -0.39 is 18.3 Å². The van der Waals surface area contributed by atoms with Crippen LogP contribution in [0.2, 0.25) is 5.02 Å². The van der Waals surface area contributed by atoms with Crippen LogP contribution in [0.25, 0.3) is 0 Å². The molecule has 0 fully saturated rings. The van der Waals surface area contributed by atoms with Crippen LogP contribution >= 0.6 is 11.6 Å². The molecule has 0 bridgehead atoms. The molecule has 142 valence electrons. The smallest absolute Gasteiger partial charge is 0.415 e. The van der Waals surface area contributed by atoms with E-state index >= 15 is 0 Å². The third kappa shape index (κ3) is 5.33. The number of ether oxygens (including phenoxy) is 1. The van der Waals surface area contributed by atoms with Gasteiger partial charge in [0, 0.05) is 17.6 Å². The molecule has 2 atom stereocenters. The third-order valence-corrected chi connectivity index (χ3v) is 4.16. The standard InChI is InChI=1S/C18H18ClF4NO2/c1-10-7-13(5-6-16(10)20)26-14-4-3-12(15(19)8-14)9-24-11(2)17(25)18(21,22)23/h3-8,11,17,24-25H,9H2,1-2H3. The first-order valence-electron chi connectivity index (χ1n) is 7.78. The van der Waals surface area contributed by atoms with Crippen molar-refractivity contribution in [3.05, 3.63) is 58.4 Å². The summed E-state index contributed by atoms with van der Waals surface area (Å²) in [5.74, 6) is 0.507. The number of alkyl halides is 3. The lowest BCUT2D eigenvalue weighted by molar-refractivity contribution is -0.210. The molecule has 26 heavy (non-hydrogen) atoms. The Morgan fingerprint density at radius 2 is 1.77 bits per heavy atom. The van der Waals surface area contributed by atoms with E-state index in [1.807, 2.05) is 0 Å². The maximum absolute atomic E-state index is 13.3. The molecule has 2 unspecified atom stereocenters. The molecule has 2 N–H and O–H groups in total. The van der Waals surface area contributed by atoms with Gasteiger partial charge in [0.15, 0.2) is 6.10 Å². The van der Waals surface area contributed by atoms with Crippen LogP contribution in [-0.4, -0.2) is 23.4 Å². The molecule has 0 radical (unpaired) electrons. The van der Waals surface area contributed by atoms with Gasteiger partial charge in [0.2, 0.25) is 0 Å². The van der Waals surface area contributed by atoms with Crippen LogP contribution in [0.4, 0.5) is 17.6 Å². The van der Waals surface area contributed by atoms with Gasteiger partial charge in [-0.25, -0.2) is 4.39 Å². The van der Waals surface area contributed by atoms with Crippen molar-refractivity contribution in [2.75, 3.05) is 0 Å². The second-order valence-electron chi connectivity index (χ2n) is 5.92. The summed E-state index contributed by atoms with van der Waals surface area (Å²) in [6, 6.07) is 7.84. The molecule has 0 aromatic heterocycles. The molecule has 0 heterocycles. The topological polar surface area (TPSA) is 41.5 Å². The lowest BCUT2D eigenvalue weighted by atomic mass is 10.1. The Kier molecular flexibility index (Phi) is 6.49. The molecular weight excluding hydrogens is 374 g/mol. The van der Waals surface area contributed by atoms with Crippen LogP contribution < -0.4 is 10.1 Å². The third-order valence-electron chi connectivity index (χ3n) is 3.81. The molecule has 2 aromatic carbocycles. The quantitative estimate of drug-likeness (QED) is 0.682. The van der Waals surface area contributed by atoms with Gasteiger partial charge in [0.25, 0.3) is 0 Å². The average Bonchev–Trinajstić information content (AvgIpc) is 2.55. The van der Waals surface area contributed by atoms with Crippen molar-refractivity contribution in [1.29, 1.82) is 0 Å². The Bertz CT molecular complexity index is 767. The number of halogens is 5. The van der Waals surface area contributed by atoms with Gasteiger partial charge in [-0.3, -0.25) is 0 Å². The maximum Gasteiger partial charge on any atom is 0.415 e. The number of benzene rings is 2. The van der Waals surface area contributed by atoms with E-state index in [9.17, 15) is 22.7 Å². The highest BCUT2D eigenvalue weighted by atomic mass is 35.5. The number of nitrogens with one attached hydrogen (secondary N) is 1. The molecule has 0 aliphatic heterocycles. The van der Waals surface area contributed by atoms with Gasteiger partial charge < -0.3 is 15.2 Å². The SMILES string of the molecule is Cc1cc(Oc2ccc(CNC(C)C(O)C(F)(F)F)c(Cl)c2)ccc1F. The van der Waals surface area contributed by atoms with E-state index in [0.29, 0.717) is 27.6 Å². The van der Waals surface area contributed by atoms with Gasteiger partial charge in [0.05, 0.1) is 0 Å². The number of aliphatic hydroxyl groups is 1. The van der Waals surface area contributed by atoms with Crippen LogP contribution in [-0.2, 0) is 6.54 Å². The van der Waals surface area contributed by atoms with Crippen molar-refractivity contribution in [3.63, 3.8) is 0 Å². The van der Waals surface area contributed by atoms with Crippen LogP contribution in [0.1, 0.15) is 18.1 Å². The van der Waals surface area contributed by atoms with E-state index in [1.54, 1.807) is 25.1 Å². The normalized spacial score (nSPS) is 14.2. The van der Waals surface area contributed by atoms with Crippen molar-refractivity contribution < 1.29 is 27.4 Å². The Hall–Kier alpha value is -1.83. The first kappa shape index (κ1) is 20.5. The lowest BCUT2D eigenvalue weighted by Crippen LogP contribution is -2.45. The van der Waals surface area contributed by atoms with Gasteiger partial charge in [-0.15, -0.1) is 0 Å². The fourth-order valence-electron chi connectivity index (χ4n) is 2.22. The minimum absolute atomic E-state index is 0.0447. The predicted octanol–water partition coefficient (Wildman–Crippen LogP) is 4.98. The summed E-state index contributed by atoms with van der Waals surface area (Å²) in [6.45, 7) is 2.89. The van der Waals surface area contributed by atoms with Crippen molar-refractivity contribution >= 4 is 11.6 Å². The van der Waals surface area contributed by atoms with Crippen molar-refractivity contribution in [2.24, 2.45) is 0 Å². The fourth-order valence-corrected chi connectivity index (χ4v) is 2.46. The number of aryl methyl sites for hydroxylation is 1. The zero-order chi connectivity index (χ0) is 19.5. The lowest BCUT2D eigenvalue weighted by Gasteiger charge is -2.22. The van der Waals surface area contributed by atoms with Crippen LogP contribution in [0, 0.1) is 12.7 Å². The van der Waals surface area contributed by atoms with Gasteiger partial charge in [-0.05, 0) is 55.3 Å². The largest absolute Gasteiger partial charge is 0.457 e. The van der Waals surface area contributed by atoms with Crippen LogP contribution in [0.5, 0.6) is 11.5 Å². The first-order chi connectivity index (χ1) is 12.1. The molecule has 2 aromatic rings. The number of aliphatic hydroxyl groups excluding tert-OH is 1. The van der Waals surface area contributed by atoms with Crippen LogP contribution in [0.15, 0.2) is 36.4 Å². The van der Waals surface area contributed by atoms with E-state index in [4.69, 9.17) is 16.3 Å². The highest BCUT2D eigenvalue weighted by Gasteiger charge is 2.41. The molecular formula is C18H18ClF4NO2. The molecule has 0 aliphatic rings. The number of rotatable bonds is 6. The number of hydrogen-bond donors (Lipinski definition) is 2. The summed E-state index contributed by atoms with van der Waals surface area (Å²) in [7, 11) is 0. The second-order valence-corrected chi connectivity index (χ2v) is 6.33. The average molecular weight is 392 g/mol. The van der Waals surface area contributed by atoms with Gasteiger partial charge >= 0.3 is 6.18 Å². The van der Waals surface area contributed by atoms with Crippen molar-refractivity contribution in [2.45, 2.75) is 38.7 Å². The summed E-state index contributed by atoms with van der Waals surface area (Å²) in [4.78, 5) is 0. The molecule has 8 heteroatoms. The minimum atomic E-state index is -4.69. The van der Waals surface area contributed by atoms with Gasteiger partial charge in [0.1, 0.15) is 17.3 Å². The highest BCUT2D eigenvalue weighted by Crippen LogP contribution is 2.28. The fraction of sp³-hybridized carbons (Fsp3) is 0.333. The molecule has 2 rings (SSSR count). The maximum atomic E-state index is 13.3. The molecule has 0 saturated heterocycles. The Morgan fingerprint density at radius 3 is 2.35 bits per heavy atom. The van der Waals surface area contributed by atoms with E-state index in [-0.39, 0.29) is 12.4 Å². The molecule has 0 amide bonds. The summed E-state index contributed by atoms with van der Waals surface area (Å²) >= 11 is 6.14. The monoisotopic (exact) mass is 391 g/mol. The first-order valence-corrected chi connectivity index (χ1v) is 8.16. The van der Waals surface area contributed by atoms with Crippen molar-refractivity contribution in [1.82, 2.24) is 5.32 Å². The molecule has 0 spiro atoms. The molecule has 3 nitrogen and oxygen atoms in total. The van der Waals surface area contributed by atoms with E-state index in [2.05, 4.69) is 5.32 Å². The van der Waals surface area contributed by atoms with Crippen LogP contribution in [0.3, 0.4) is 0 Å². The van der Waals surface area contributed by atoms with E-state index in [0.717, 1.165) is 0 Å². The van der Waals surface area contributed by atoms with Gasteiger partial charge in [-0.2, -0.15) is 13.2 Å². The van der Waals surface area contributed by atoms with E-state index in [1.165, 1.54) is 25.1 Å². The summed E-state index contributed by atoms with van der Waals surface area (Å²) in [6.07, 6.45) is -7.16. The van der Waals surface area contributed by atoms with Crippen molar-refractivity contribution in [3.8, 4) is 11.5 Å². The zero-order valence-corrected chi connectivity index (χ0v) is 14.8. The zero-order valence-electron chi connectivity index (χ0n) is 14.1. The molecule has 0 saturated carbocycles. The Labute approximate surface area is 153 Å². The number of hydrogen-bond acceptors (Lipinski definition) is 3. The predicted molar refractivity (Wildman–Crippen MR) is 91.0 cm³/mol. The Balaban J connectivity index is 2.01. The highest BCUT2D eigenvalue weighted by molar-refractivity contribution is 6.31. The Morgan fingerprint density at radius 1 is 1.15 bits per heavy atom. The minimum Gasteiger partial charge on any atom is -0.457 e. The second kappa shape index (κ2) is 8.24. The summed E-state index contributed by atoms with van der Waals surface area (Å²) < 4.78 is 56.2. The van der Waals surface area contributed by atoms with Gasteiger partial charge in [-0.1, -0.05) is 17.7 Å².